The lowest BCUT2D eigenvalue weighted by Gasteiger charge is -2.08. The summed E-state index contributed by atoms with van der Waals surface area (Å²) in [5.74, 6) is 0. The molecule has 0 aliphatic rings. The Morgan fingerprint density at radius 2 is 1.81 bits per heavy atom. The zero-order valence-electron chi connectivity index (χ0n) is 11.5. The normalized spacial score (nSPS) is 11.2. The van der Waals surface area contributed by atoms with E-state index in [1.54, 1.807) is 6.07 Å². The summed E-state index contributed by atoms with van der Waals surface area (Å²) in [5.41, 5.74) is 9.19. The van der Waals surface area contributed by atoms with Crippen LogP contribution in [0.3, 0.4) is 0 Å². The molecule has 1 aromatic heterocycles. The van der Waals surface area contributed by atoms with E-state index in [1.807, 2.05) is 18.2 Å². The first-order valence-corrected chi connectivity index (χ1v) is 7.65. The third-order valence-corrected chi connectivity index (χ3v) is 4.24. The Bertz CT molecular complexity index is 778. The van der Waals surface area contributed by atoms with Gasteiger partial charge in [-0.15, -0.1) is 0 Å². The molecule has 0 saturated heterocycles. The van der Waals surface area contributed by atoms with Crippen LogP contribution >= 0.6 is 23.2 Å². The van der Waals surface area contributed by atoms with Crippen LogP contribution in [0.2, 0.25) is 10.0 Å². The molecular weight excluding hydrogens is 303 g/mol. The van der Waals surface area contributed by atoms with Crippen LogP contribution in [0, 0.1) is 0 Å². The summed E-state index contributed by atoms with van der Waals surface area (Å²) in [6, 6.07) is 13.9. The van der Waals surface area contributed by atoms with Crippen LogP contribution in [0.5, 0.6) is 0 Å². The monoisotopic (exact) mass is 318 g/mol. The highest BCUT2D eigenvalue weighted by atomic mass is 35.5. The number of halogens is 2. The number of para-hydroxylation sites is 1. The molecule has 2 N–H and O–H groups in total. The molecule has 108 valence electrons. The van der Waals surface area contributed by atoms with Crippen molar-refractivity contribution in [3.63, 3.8) is 0 Å². The Kier molecular flexibility index (Phi) is 4.20. The fraction of sp³-hybridized carbons (Fsp3) is 0.176. The summed E-state index contributed by atoms with van der Waals surface area (Å²) < 4.78 is 2.21. The molecule has 0 amide bonds. The van der Waals surface area contributed by atoms with Gasteiger partial charge in [0, 0.05) is 33.7 Å². The van der Waals surface area contributed by atoms with Crippen molar-refractivity contribution >= 4 is 34.1 Å². The van der Waals surface area contributed by atoms with E-state index in [2.05, 4.69) is 29.0 Å². The Hall–Kier alpha value is -1.48. The summed E-state index contributed by atoms with van der Waals surface area (Å²) in [5, 5.41) is 2.69. The van der Waals surface area contributed by atoms with Gasteiger partial charge >= 0.3 is 0 Å². The molecular formula is C17H16Cl2N2. The minimum Gasteiger partial charge on any atom is -0.343 e. The van der Waals surface area contributed by atoms with Crippen LogP contribution in [-0.2, 0) is 13.0 Å². The van der Waals surface area contributed by atoms with E-state index in [4.69, 9.17) is 28.9 Å². The van der Waals surface area contributed by atoms with Gasteiger partial charge < -0.3 is 10.3 Å². The van der Waals surface area contributed by atoms with Gasteiger partial charge in [0.15, 0.2) is 0 Å². The van der Waals surface area contributed by atoms with Crippen molar-refractivity contribution in [2.24, 2.45) is 5.73 Å². The first kappa shape index (κ1) is 14.5. The highest BCUT2D eigenvalue weighted by Gasteiger charge is 2.09. The molecule has 0 spiro atoms. The fourth-order valence-electron chi connectivity index (χ4n) is 2.66. The largest absolute Gasteiger partial charge is 0.343 e. The first-order valence-electron chi connectivity index (χ1n) is 6.90. The molecule has 3 aromatic rings. The van der Waals surface area contributed by atoms with Crippen molar-refractivity contribution in [2.75, 3.05) is 6.54 Å². The van der Waals surface area contributed by atoms with Crippen LogP contribution in [0.4, 0.5) is 0 Å². The van der Waals surface area contributed by atoms with Gasteiger partial charge in [0.25, 0.3) is 0 Å². The lowest BCUT2D eigenvalue weighted by Crippen LogP contribution is -2.02. The van der Waals surface area contributed by atoms with Gasteiger partial charge in [0.1, 0.15) is 0 Å². The number of nitrogens with two attached hydrogens (primary N) is 1. The van der Waals surface area contributed by atoms with Crippen molar-refractivity contribution in [1.29, 1.82) is 0 Å². The molecule has 0 fully saturated rings. The molecule has 0 saturated carbocycles. The van der Waals surface area contributed by atoms with Gasteiger partial charge in [-0.25, -0.2) is 0 Å². The van der Waals surface area contributed by atoms with Crippen molar-refractivity contribution in [2.45, 2.75) is 13.0 Å². The zero-order chi connectivity index (χ0) is 14.8. The summed E-state index contributed by atoms with van der Waals surface area (Å²) >= 11 is 12.3. The van der Waals surface area contributed by atoms with E-state index in [0.717, 1.165) is 17.0 Å². The quantitative estimate of drug-likeness (QED) is 0.754. The van der Waals surface area contributed by atoms with Gasteiger partial charge in [-0.05, 0) is 48.4 Å². The maximum atomic E-state index is 6.27. The van der Waals surface area contributed by atoms with E-state index < -0.39 is 0 Å². The molecule has 0 atom stereocenters. The topological polar surface area (TPSA) is 30.9 Å². The number of benzene rings is 2. The van der Waals surface area contributed by atoms with Crippen molar-refractivity contribution in [3.05, 3.63) is 69.8 Å². The molecule has 21 heavy (non-hydrogen) atoms. The van der Waals surface area contributed by atoms with Crippen molar-refractivity contribution in [1.82, 2.24) is 4.57 Å². The summed E-state index contributed by atoms with van der Waals surface area (Å²) in [6.07, 6.45) is 3.03. The second kappa shape index (κ2) is 6.10. The standard InChI is InChI=1S/C17H16Cl2N2/c18-14-5-6-16(19)13(9-14)11-21-10-12(7-8-20)15-3-1-2-4-17(15)21/h1-6,9-10H,7-8,11,20H2. The predicted octanol–water partition coefficient (Wildman–Crippen LogP) is 4.50. The highest BCUT2D eigenvalue weighted by molar-refractivity contribution is 6.33. The van der Waals surface area contributed by atoms with Crippen molar-refractivity contribution < 1.29 is 0 Å². The summed E-state index contributed by atoms with van der Waals surface area (Å²) in [4.78, 5) is 0. The second-order valence-corrected chi connectivity index (χ2v) is 5.92. The Morgan fingerprint density at radius 3 is 2.62 bits per heavy atom. The maximum Gasteiger partial charge on any atom is 0.0491 e. The van der Waals surface area contributed by atoms with Crippen LogP contribution < -0.4 is 5.73 Å². The van der Waals surface area contributed by atoms with Gasteiger partial charge in [0.2, 0.25) is 0 Å². The SMILES string of the molecule is NCCc1cn(Cc2cc(Cl)ccc2Cl)c2ccccc12. The molecule has 4 heteroatoms. The van der Waals surface area contributed by atoms with Crippen LogP contribution in [0.15, 0.2) is 48.7 Å². The van der Waals surface area contributed by atoms with E-state index in [0.29, 0.717) is 18.1 Å². The van der Waals surface area contributed by atoms with Gasteiger partial charge in [-0.1, -0.05) is 41.4 Å². The zero-order valence-corrected chi connectivity index (χ0v) is 13.0. The Morgan fingerprint density at radius 1 is 1.00 bits per heavy atom. The fourth-order valence-corrected chi connectivity index (χ4v) is 3.03. The van der Waals surface area contributed by atoms with Gasteiger partial charge in [-0.3, -0.25) is 0 Å². The lowest BCUT2D eigenvalue weighted by atomic mass is 10.1. The van der Waals surface area contributed by atoms with Crippen LogP contribution in [-0.4, -0.2) is 11.1 Å². The van der Waals surface area contributed by atoms with Gasteiger partial charge in [0.05, 0.1) is 0 Å². The van der Waals surface area contributed by atoms with Gasteiger partial charge in [-0.2, -0.15) is 0 Å². The third-order valence-electron chi connectivity index (χ3n) is 3.63. The summed E-state index contributed by atoms with van der Waals surface area (Å²) in [7, 11) is 0. The minimum absolute atomic E-state index is 0.645. The number of fused-ring (bicyclic) bond motifs is 1. The van der Waals surface area contributed by atoms with E-state index in [-0.39, 0.29) is 0 Å². The molecule has 2 aromatic carbocycles. The Balaban J connectivity index is 2.06. The molecule has 0 radical (unpaired) electrons. The first-order chi connectivity index (χ1) is 10.2. The molecule has 1 heterocycles. The number of hydrogen-bond acceptors (Lipinski definition) is 1. The average Bonchev–Trinajstić information content (AvgIpc) is 2.82. The smallest absolute Gasteiger partial charge is 0.0491 e. The van der Waals surface area contributed by atoms with E-state index in [1.165, 1.54) is 16.5 Å². The number of nitrogens with zero attached hydrogens (tertiary/aromatic N) is 1. The molecule has 0 aliphatic heterocycles. The van der Waals surface area contributed by atoms with Crippen LogP contribution in [0.1, 0.15) is 11.1 Å². The molecule has 3 rings (SSSR count). The number of hydrogen-bond donors (Lipinski definition) is 1. The average molecular weight is 319 g/mol. The van der Waals surface area contributed by atoms with Crippen molar-refractivity contribution in [3.8, 4) is 0 Å². The molecule has 0 aliphatic carbocycles. The third kappa shape index (κ3) is 2.93. The lowest BCUT2D eigenvalue weighted by molar-refractivity contribution is 0.827. The molecule has 2 nitrogen and oxygen atoms in total. The minimum atomic E-state index is 0.645. The highest BCUT2D eigenvalue weighted by Crippen LogP contribution is 2.26. The molecule has 0 unspecified atom stereocenters. The summed E-state index contributed by atoms with van der Waals surface area (Å²) in [6.45, 7) is 1.34. The molecule has 0 bridgehead atoms. The number of aromatic nitrogens is 1. The second-order valence-electron chi connectivity index (χ2n) is 5.07. The number of rotatable bonds is 4. The van der Waals surface area contributed by atoms with E-state index in [9.17, 15) is 0 Å². The van der Waals surface area contributed by atoms with E-state index >= 15 is 0 Å². The van der Waals surface area contributed by atoms with Crippen LogP contribution in [0.25, 0.3) is 10.9 Å². The maximum absolute atomic E-state index is 6.27. The predicted molar refractivity (Wildman–Crippen MR) is 90.3 cm³/mol. The Labute approximate surface area is 134 Å².